The molecule has 4 heteroatoms. The van der Waals surface area contributed by atoms with Gasteiger partial charge in [-0.25, -0.2) is 0 Å². The summed E-state index contributed by atoms with van der Waals surface area (Å²) in [6, 6.07) is 26.4. The second-order valence-electron chi connectivity index (χ2n) is 5.98. The molecule has 0 fully saturated rings. The molecule has 3 aromatic rings. The van der Waals surface area contributed by atoms with Gasteiger partial charge in [-0.05, 0) is 35.2 Å². The molecule has 2 N–H and O–H groups in total. The first-order chi connectivity index (χ1) is 12.8. The first kappa shape index (κ1) is 18.4. The van der Waals surface area contributed by atoms with Crippen LogP contribution in [0.4, 0.5) is 0 Å². The van der Waals surface area contributed by atoms with Crippen LogP contribution in [-0.4, -0.2) is 5.75 Å². The largest absolute Gasteiger partial charge is 0.489 e. The van der Waals surface area contributed by atoms with Crippen LogP contribution in [0.5, 0.6) is 11.5 Å². The summed E-state index contributed by atoms with van der Waals surface area (Å²) in [5, 5.41) is 5.58. The number of ether oxygens (including phenoxy) is 2. The van der Waals surface area contributed by atoms with Gasteiger partial charge >= 0.3 is 0 Å². The molecule has 0 atom stereocenters. The Hall–Kier alpha value is -2.43. The lowest BCUT2D eigenvalue weighted by atomic mass is 10.1. The predicted molar refractivity (Wildman–Crippen MR) is 108 cm³/mol. The van der Waals surface area contributed by atoms with Crippen molar-refractivity contribution in [2.75, 3.05) is 5.75 Å². The minimum Gasteiger partial charge on any atom is -0.489 e. The van der Waals surface area contributed by atoms with Gasteiger partial charge in [-0.2, -0.15) is 0 Å². The standard InChI is InChI=1S/C22H23NO2S/c23-26-12-11-20-13-21(24-16-18-7-3-1-4-8-18)15-22(14-20)25-17-19-9-5-2-6-10-19/h1-10,13-15H,11-12,16-17,23H2. The molecule has 0 amide bonds. The second kappa shape index (κ2) is 9.90. The maximum Gasteiger partial charge on any atom is 0.123 e. The Morgan fingerprint density at radius 3 is 1.62 bits per heavy atom. The fourth-order valence-electron chi connectivity index (χ4n) is 2.60. The third-order valence-electron chi connectivity index (χ3n) is 3.95. The Morgan fingerprint density at radius 1 is 0.654 bits per heavy atom. The zero-order chi connectivity index (χ0) is 18.0. The highest BCUT2D eigenvalue weighted by Gasteiger charge is 2.05. The highest BCUT2D eigenvalue weighted by atomic mass is 32.2. The highest BCUT2D eigenvalue weighted by molar-refractivity contribution is 7.97. The molecule has 0 aliphatic heterocycles. The lowest BCUT2D eigenvalue weighted by molar-refractivity contribution is 0.289. The fourth-order valence-corrected chi connectivity index (χ4v) is 2.95. The van der Waals surface area contributed by atoms with Gasteiger partial charge in [0.15, 0.2) is 0 Å². The zero-order valence-corrected chi connectivity index (χ0v) is 15.5. The van der Waals surface area contributed by atoms with Crippen molar-refractivity contribution < 1.29 is 9.47 Å². The van der Waals surface area contributed by atoms with Crippen LogP contribution in [0.25, 0.3) is 0 Å². The molecule has 3 aromatic carbocycles. The van der Waals surface area contributed by atoms with Crippen LogP contribution >= 0.6 is 11.9 Å². The van der Waals surface area contributed by atoms with Crippen LogP contribution in [0.3, 0.4) is 0 Å². The molecule has 0 saturated carbocycles. The molecule has 0 heterocycles. The lowest BCUT2D eigenvalue weighted by Crippen LogP contribution is -2.00. The van der Waals surface area contributed by atoms with Crippen LogP contribution in [0, 0.1) is 0 Å². The van der Waals surface area contributed by atoms with Gasteiger partial charge in [0.1, 0.15) is 24.7 Å². The smallest absolute Gasteiger partial charge is 0.123 e. The third-order valence-corrected chi connectivity index (χ3v) is 4.38. The molecule has 0 aromatic heterocycles. The van der Waals surface area contributed by atoms with E-state index in [1.165, 1.54) is 11.9 Å². The van der Waals surface area contributed by atoms with Crippen molar-refractivity contribution in [3.05, 3.63) is 95.6 Å². The van der Waals surface area contributed by atoms with Crippen molar-refractivity contribution in [1.82, 2.24) is 0 Å². The molecule has 134 valence electrons. The van der Waals surface area contributed by atoms with Gasteiger partial charge < -0.3 is 9.47 Å². The van der Waals surface area contributed by atoms with Crippen LogP contribution in [0.2, 0.25) is 0 Å². The number of hydrogen-bond donors (Lipinski definition) is 1. The average Bonchev–Trinajstić information content (AvgIpc) is 2.71. The summed E-state index contributed by atoms with van der Waals surface area (Å²) >= 11 is 1.35. The molecule has 0 aliphatic carbocycles. The minimum absolute atomic E-state index is 0.536. The van der Waals surface area contributed by atoms with Crippen molar-refractivity contribution >= 4 is 11.9 Å². The van der Waals surface area contributed by atoms with Gasteiger partial charge in [0, 0.05) is 11.8 Å². The van der Waals surface area contributed by atoms with E-state index < -0.39 is 0 Å². The van der Waals surface area contributed by atoms with Gasteiger partial charge in [0.25, 0.3) is 0 Å². The minimum atomic E-state index is 0.536. The van der Waals surface area contributed by atoms with Crippen LogP contribution < -0.4 is 14.6 Å². The van der Waals surface area contributed by atoms with Gasteiger partial charge in [-0.1, -0.05) is 72.6 Å². The Bertz CT molecular complexity index is 732. The Labute approximate surface area is 159 Å². The summed E-state index contributed by atoms with van der Waals surface area (Å²) in [5.74, 6) is 2.49. The van der Waals surface area contributed by atoms with E-state index in [9.17, 15) is 0 Å². The number of hydrogen-bond acceptors (Lipinski definition) is 4. The van der Waals surface area contributed by atoms with Crippen LogP contribution in [0.1, 0.15) is 16.7 Å². The predicted octanol–water partition coefficient (Wildman–Crippen LogP) is 4.99. The molecule has 0 spiro atoms. The first-order valence-electron chi connectivity index (χ1n) is 8.62. The Kier molecular flexibility index (Phi) is 6.99. The summed E-state index contributed by atoms with van der Waals surface area (Å²) in [6.07, 6.45) is 0.880. The van der Waals surface area contributed by atoms with E-state index in [-0.39, 0.29) is 0 Å². The van der Waals surface area contributed by atoms with Crippen molar-refractivity contribution in [2.45, 2.75) is 19.6 Å². The summed E-state index contributed by atoms with van der Waals surface area (Å²) in [4.78, 5) is 0. The molecule has 26 heavy (non-hydrogen) atoms. The third kappa shape index (κ3) is 5.83. The molecule has 0 aliphatic rings. The molecule has 0 unspecified atom stereocenters. The number of nitrogens with two attached hydrogens (primary N) is 1. The van der Waals surface area contributed by atoms with E-state index in [1.807, 2.05) is 42.5 Å². The average molecular weight is 365 g/mol. The van der Waals surface area contributed by atoms with Crippen molar-refractivity contribution in [3.8, 4) is 11.5 Å². The maximum absolute atomic E-state index is 5.99. The lowest BCUT2D eigenvalue weighted by Gasteiger charge is -2.13. The van der Waals surface area contributed by atoms with Gasteiger partial charge in [0.05, 0.1) is 0 Å². The molecule has 3 nitrogen and oxygen atoms in total. The van der Waals surface area contributed by atoms with Crippen molar-refractivity contribution in [2.24, 2.45) is 5.14 Å². The molecular weight excluding hydrogens is 342 g/mol. The summed E-state index contributed by atoms with van der Waals surface area (Å²) in [5.41, 5.74) is 3.45. The maximum atomic E-state index is 5.99. The van der Waals surface area contributed by atoms with E-state index in [1.54, 1.807) is 0 Å². The molecule has 0 radical (unpaired) electrons. The quantitative estimate of drug-likeness (QED) is 0.542. The second-order valence-corrected chi connectivity index (χ2v) is 6.72. The SMILES string of the molecule is NSCCc1cc(OCc2ccccc2)cc(OCc2ccccc2)c1. The normalized spacial score (nSPS) is 10.5. The summed E-state index contributed by atoms with van der Waals surface area (Å²) < 4.78 is 12.0. The zero-order valence-electron chi connectivity index (χ0n) is 14.6. The Morgan fingerprint density at radius 2 is 1.15 bits per heavy atom. The van der Waals surface area contributed by atoms with Gasteiger partial charge in [0.2, 0.25) is 0 Å². The van der Waals surface area contributed by atoms with Crippen molar-refractivity contribution in [1.29, 1.82) is 0 Å². The topological polar surface area (TPSA) is 44.5 Å². The fraction of sp³-hybridized carbons (Fsp3) is 0.182. The number of rotatable bonds is 9. The molecule has 0 bridgehead atoms. The van der Waals surface area contributed by atoms with Crippen LogP contribution in [0.15, 0.2) is 78.9 Å². The highest BCUT2D eigenvalue weighted by Crippen LogP contribution is 2.25. The van der Waals surface area contributed by atoms with Gasteiger partial charge in [-0.3, -0.25) is 5.14 Å². The summed E-state index contributed by atoms with van der Waals surface area (Å²) in [6.45, 7) is 1.07. The molecule has 3 rings (SSSR count). The Balaban J connectivity index is 1.70. The molecular formula is C22H23NO2S. The van der Waals surface area contributed by atoms with E-state index in [2.05, 4.69) is 36.4 Å². The van der Waals surface area contributed by atoms with E-state index in [0.717, 1.165) is 40.4 Å². The first-order valence-corrected chi connectivity index (χ1v) is 9.67. The van der Waals surface area contributed by atoms with E-state index >= 15 is 0 Å². The molecule has 0 saturated heterocycles. The number of aryl methyl sites for hydroxylation is 1. The monoisotopic (exact) mass is 365 g/mol. The van der Waals surface area contributed by atoms with Crippen LogP contribution in [-0.2, 0) is 19.6 Å². The number of benzene rings is 3. The summed E-state index contributed by atoms with van der Waals surface area (Å²) in [7, 11) is 0. The van der Waals surface area contributed by atoms with E-state index in [0.29, 0.717) is 13.2 Å². The van der Waals surface area contributed by atoms with Crippen molar-refractivity contribution in [3.63, 3.8) is 0 Å². The van der Waals surface area contributed by atoms with Gasteiger partial charge in [-0.15, -0.1) is 0 Å². The van der Waals surface area contributed by atoms with E-state index in [4.69, 9.17) is 14.6 Å².